The van der Waals surface area contributed by atoms with Gasteiger partial charge in [-0.3, -0.25) is 4.57 Å². The summed E-state index contributed by atoms with van der Waals surface area (Å²) in [6.07, 6.45) is 1.79. The topological polar surface area (TPSA) is 41.6 Å². The molecule has 3 heteroatoms. The number of aryl methyl sites for hydroxylation is 3. The number of hydrogen-bond acceptors (Lipinski definition) is 2. The summed E-state index contributed by atoms with van der Waals surface area (Å²) in [5.74, 6) is 0. The molecule has 2 aromatic carbocycles. The summed E-state index contributed by atoms with van der Waals surface area (Å²) in [6.45, 7) is 6.16. The highest BCUT2D eigenvalue weighted by atomic mass is 15.0. The van der Waals surface area contributed by atoms with Crippen LogP contribution in [0, 0.1) is 32.1 Å². The number of aromatic nitrogens is 2. The molecular weight excluding hydrogens is 246 g/mol. The normalized spacial score (nSPS) is 10.7. The van der Waals surface area contributed by atoms with Gasteiger partial charge in [0.25, 0.3) is 0 Å². The third kappa shape index (κ3) is 1.86. The van der Waals surface area contributed by atoms with Crippen molar-refractivity contribution in [1.82, 2.24) is 9.55 Å². The molecule has 0 spiro atoms. The lowest BCUT2D eigenvalue weighted by Crippen LogP contribution is -1.97. The first-order valence-electron chi connectivity index (χ1n) is 6.55. The highest BCUT2D eigenvalue weighted by molar-refractivity contribution is 5.80. The fourth-order valence-corrected chi connectivity index (χ4v) is 2.41. The molecule has 0 saturated carbocycles. The predicted octanol–water partition coefficient (Wildman–Crippen LogP) is 3.82. The Bertz CT molecular complexity index is 851. The fraction of sp³-hybridized carbons (Fsp3) is 0.176. The van der Waals surface area contributed by atoms with Crippen molar-refractivity contribution in [2.75, 3.05) is 0 Å². The largest absolute Gasteiger partial charge is 0.297 e. The molecule has 0 unspecified atom stereocenters. The lowest BCUT2D eigenvalue weighted by Gasteiger charge is -2.08. The minimum absolute atomic E-state index is 0.669. The van der Waals surface area contributed by atoms with Crippen molar-refractivity contribution in [3.63, 3.8) is 0 Å². The Labute approximate surface area is 118 Å². The van der Waals surface area contributed by atoms with E-state index in [1.165, 1.54) is 11.1 Å². The van der Waals surface area contributed by atoms with Gasteiger partial charge in [-0.25, -0.2) is 4.98 Å². The summed E-state index contributed by atoms with van der Waals surface area (Å²) in [7, 11) is 0. The second-order valence-corrected chi connectivity index (χ2v) is 5.17. The molecule has 98 valence electrons. The summed E-state index contributed by atoms with van der Waals surface area (Å²) < 4.78 is 1.99. The highest BCUT2D eigenvalue weighted by Crippen LogP contribution is 2.24. The van der Waals surface area contributed by atoms with Gasteiger partial charge in [0, 0.05) is 0 Å². The van der Waals surface area contributed by atoms with Crippen LogP contribution in [0.5, 0.6) is 0 Å². The van der Waals surface area contributed by atoms with E-state index in [0.717, 1.165) is 22.3 Å². The quantitative estimate of drug-likeness (QED) is 0.668. The van der Waals surface area contributed by atoms with Crippen LogP contribution in [0.25, 0.3) is 16.7 Å². The third-order valence-electron chi connectivity index (χ3n) is 3.69. The van der Waals surface area contributed by atoms with Crippen LogP contribution in [0.3, 0.4) is 0 Å². The standard InChI is InChI=1S/C17H15N3/c1-11-4-5-16(14(6-11)9-18)20-10-19-15-7-12(2)13(3)8-17(15)20/h4-8,10H,1-3H3. The van der Waals surface area contributed by atoms with E-state index < -0.39 is 0 Å². The average Bonchev–Trinajstić information content (AvgIpc) is 2.82. The van der Waals surface area contributed by atoms with Crippen molar-refractivity contribution in [2.24, 2.45) is 0 Å². The van der Waals surface area contributed by atoms with E-state index in [1.54, 1.807) is 6.33 Å². The number of rotatable bonds is 1. The van der Waals surface area contributed by atoms with Crippen molar-refractivity contribution in [1.29, 1.82) is 5.26 Å². The first kappa shape index (κ1) is 12.4. The van der Waals surface area contributed by atoms with E-state index in [1.807, 2.05) is 29.7 Å². The van der Waals surface area contributed by atoms with E-state index >= 15 is 0 Å². The van der Waals surface area contributed by atoms with Crippen LogP contribution in [0.15, 0.2) is 36.7 Å². The second kappa shape index (κ2) is 4.50. The Hall–Kier alpha value is -2.60. The maximum absolute atomic E-state index is 9.33. The number of fused-ring (bicyclic) bond motifs is 1. The molecule has 20 heavy (non-hydrogen) atoms. The van der Waals surface area contributed by atoms with Crippen LogP contribution in [-0.2, 0) is 0 Å². The SMILES string of the molecule is Cc1ccc(-n2cnc3cc(C)c(C)cc32)c(C#N)c1. The van der Waals surface area contributed by atoms with Gasteiger partial charge in [-0.2, -0.15) is 5.26 Å². The molecule has 0 radical (unpaired) electrons. The number of imidazole rings is 1. The van der Waals surface area contributed by atoms with E-state index in [0.29, 0.717) is 5.56 Å². The second-order valence-electron chi connectivity index (χ2n) is 5.17. The zero-order valence-corrected chi connectivity index (χ0v) is 11.8. The molecule has 0 aliphatic heterocycles. The lowest BCUT2D eigenvalue weighted by atomic mass is 10.1. The van der Waals surface area contributed by atoms with Crippen molar-refractivity contribution in [3.05, 3.63) is 58.9 Å². The maximum atomic E-state index is 9.33. The molecule has 0 amide bonds. The van der Waals surface area contributed by atoms with E-state index in [4.69, 9.17) is 0 Å². The summed E-state index contributed by atoms with van der Waals surface area (Å²) in [5, 5.41) is 9.33. The van der Waals surface area contributed by atoms with Crippen molar-refractivity contribution < 1.29 is 0 Å². The smallest absolute Gasteiger partial charge is 0.101 e. The molecule has 1 aromatic heterocycles. The minimum Gasteiger partial charge on any atom is -0.297 e. The van der Waals surface area contributed by atoms with Crippen LogP contribution < -0.4 is 0 Å². The Morgan fingerprint density at radius 2 is 1.80 bits per heavy atom. The molecule has 0 bridgehead atoms. The zero-order valence-electron chi connectivity index (χ0n) is 11.8. The molecule has 3 nitrogen and oxygen atoms in total. The first-order valence-corrected chi connectivity index (χ1v) is 6.55. The third-order valence-corrected chi connectivity index (χ3v) is 3.69. The predicted molar refractivity (Wildman–Crippen MR) is 80.0 cm³/mol. The summed E-state index contributed by atoms with van der Waals surface area (Å²) in [4.78, 5) is 4.45. The zero-order chi connectivity index (χ0) is 14.3. The van der Waals surface area contributed by atoms with Crippen LogP contribution in [0.1, 0.15) is 22.3 Å². The van der Waals surface area contributed by atoms with E-state index in [9.17, 15) is 5.26 Å². The van der Waals surface area contributed by atoms with Gasteiger partial charge in [0.1, 0.15) is 12.4 Å². The van der Waals surface area contributed by atoms with Crippen LogP contribution in [0.2, 0.25) is 0 Å². The monoisotopic (exact) mass is 261 g/mol. The molecule has 1 heterocycles. The van der Waals surface area contributed by atoms with Gasteiger partial charge < -0.3 is 0 Å². The number of nitriles is 1. The molecule has 0 aliphatic carbocycles. The molecular formula is C17H15N3. The lowest BCUT2D eigenvalue weighted by molar-refractivity contribution is 1.08. The molecule has 0 fully saturated rings. The van der Waals surface area contributed by atoms with Crippen molar-refractivity contribution in [2.45, 2.75) is 20.8 Å². The van der Waals surface area contributed by atoms with Gasteiger partial charge in [0.15, 0.2) is 0 Å². The van der Waals surface area contributed by atoms with Crippen molar-refractivity contribution >= 4 is 11.0 Å². The van der Waals surface area contributed by atoms with Gasteiger partial charge in [0.05, 0.1) is 22.3 Å². The number of benzene rings is 2. The highest BCUT2D eigenvalue weighted by Gasteiger charge is 2.10. The van der Waals surface area contributed by atoms with Gasteiger partial charge in [-0.1, -0.05) is 6.07 Å². The minimum atomic E-state index is 0.669. The van der Waals surface area contributed by atoms with Crippen LogP contribution in [-0.4, -0.2) is 9.55 Å². The molecule has 0 N–H and O–H groups in total. The van der Waals surface area contributed by atoms with Crippen LogP contribution >= 0.6 is 0 Å². The summed E-state index contributed by atoms with van der Waals surface area (Å²) in [5.41, 5.74) is 7.08. The molecule has 0 saturated heterocycles. The summed E-state index contributed by atoms with van der Waals surface area (Å²) in [6, 6.07) is 12.4. The fourth-order valence-electron chi connectivity index (χ4n) is 2.41. The van der Waals surface area contributed by atoms with Gasteiger partial charge in [0.2, 0.25) is 0 Å². The first-order chi connectivity index (χ1) is 9.60. The number of nitrogens with zero attached hydrogens (tertiary/aromatic N) is 3. The Kier molecular flexibility index (Phi) is 2.80. The van der Waals surface area contributed by atoms with Gasteiger partial charge >= 0.3 is 0 Å². The summed E-state index contributed by atoms with van der Waals surface area (Å²) >= 11 is 0. The molecule has 3 rings (SSSR count). The van der Waals surface area contributed by atoms with E-state index in [2.05, 4.69) is 37.0 Å². The molecule has 3 aromatic rings. The van der Waals surface area contributed by atoms with Gasteiger partial charge in [-0.15, -0.1) is 0 Å². The average molecular weight is 261 g/mol. The van der Waals surface area contributed by atoms with Crippen molar-refractivity contribution in [3.8, 4) is 11.8 Å². The number of hydrogen-bond donors (Lipinski definition) is 0. The molecule has 0 aliphatic rings. The maximum Gasteiger partial charge on any atom is 0.101 e. The van der Waals surface area contributed by atoms with E-state index in [-0.39, 0.29) is 0 Å². The Balaban J connectivity index is 2.31. The Morgan fingerprint density at radius 3 is 2.55 bits per heavy atom. The van der Waals surface area contributed by atoms with Crippen LogP contribution in [0.4, 0.5) is 0 Å². The van der Waals surface area contributed by atoms with Gasteiger partial charge in [-0.05, 0) is 61.7 Å². The molecule has 0 atom stereocenters. The Morgan fingerprint density at radius 1 is 1.05 bits per heavy atom.